The Bertz CT molecular complexity index is 634. The molecule has 0 bridgehead atoms. The molecule has 7 nitrogen and oxygen atoms in total. The number of amides is 2. The van der Waals surface area contributed by atoms with Gasteiger partial charge in [0.1, 0.15) is 0 Å². The van der Waals surface area contributed by atoms with Gasteiger partial charge in [0.2, 0.25) is 0 Å². The predicted octanol–water partition coefficient (Wildman–Crippen LogP) is 2.22. The molecule has 0 aromatic heterocycles. The number of benzene rings is 1. The van der Waals surface area contributed by atoms with E-state index in [1.165, 1.54) is 0 Å². The second-order valence-electron chi connectivity index (χ2n) is 5.96. The summed E-state index contributed by atoms with van der Waals surface area (Å²) in [5, 5.41) is 12.0. The third kappa shape index (κ3) is 3.81. The SMILES string of the molecule is O=C(O)C1CCN(C(=O)Nc2cc(Br)ccc2N2CCOCC2)C1. The molecule has 0 radical (unpaired) electrons. The number of carbonyl (C=O) groups excluding carboxylic acids is 1. The molecule has 8 heteroatoms. The van der Waals surface area contributed by atoms with Crippen molar-refractivity contribution in [3.05, 3.63) is 22.7 Å². The molecule has 2 heterocycles. The smallest absolute Gasteiger partial charge is 0.321 e. The molecule has 2 saturated heterocycles. The summed E-state index contributed by atoms with van der Waals surface area (Å²) in [6, 6.07) is 5.52. The third-order valence-corrected chi connectivity index (χ3v) is 4.87. The highest BCUT2D eigenvalue weighted by Crippen LogP contribution is 2.30. The van der Waals surface area contributed by atoms with Gasteiger partial charge in [-0.2, -0.15) is 0 Å². The minimum absolute atomic E-state index is 0.252. The van der Waals surface area contributed by atoms with Gasteiger partial charge in [0.15, 0.2) is 0 Å². The van der Waals surface area contributed by atoms with Gasteiger partial charge < -0.3 is 25.0 Å². The van der Waals surface area contributed by atoms with E-state index >= 15 is 0 Å². The van der Waals surface area contributed by atoms with E-state index in [9.17, 15) is 9.59 Å². The fraction of sp³-hybridized carbons (Fsp3) is 0.500. The number of morpholine rings is 1. The topological polar surface area (TPSA) is 82.1 Å². The summed E-state index contributed by atoms with van der Waals surface area (Å²) in [6.45, 7) is 3.59. The van der Waals surface area contributed by atoms with Gasteiger partial charge in [-0.05, 0) is 24.6 Å². The van der Waals surface area contributed by atoms with Crippen molar-refractivity contribution >= 4 is 39.3 Å². The number of ether oxygens (including phenoxy) is 1. The minimum atomic E-state index is -0.846. The molecule has 2 aliphatic rings. The maximum atomic E-state index is 12.5. The van der Waals surface area contributed by atoms with Crippen LogP contribution in [-0.2, 0) is 9.53 Å². The quantitative estimate of drug-likeness (QED) is 0.816. The summed E-state index contributed by atoms with van der Waals surface area (Å²) in [6.07, 6.45) is 0.498. The molecule has 0 spiro atoms. The zero-order valence-electron chi connectivity index (χ0n) is 13.2. The molecule has 2 amide bonds. The van der Waals surface area contributed by atoms with Crippen LogP contribution in [0.5, 0.6) is 0 Å². The number of carboxylic acid groups (broad SMARTS) is 1. The number of rotatable bonds is 3. The summed E-state index contributed by atoms with van der Waals surface area (Å²) in [5.74, 6) is -1.32. The Morgan fingerprint density at radius 1 is 1.25 bits per heavy atom. The number of nitrogens with zero attached hydrogens (tertiary/aromatic N) is 2. The van der Waals surface area contributed by atoms with Crippen molar-refractivity contribution in [3.63, 3.8) is 0 Å². The van der Waals surface area contributed by atoms with E-state index in [1.807, 2.05) is 18.2 Å². The maximum absolute atomic E-state index is 12.5. The number of halogens is 1. The Morgan fingerprint density at radius 3 is 2.67 bits per heavy atom. The third-order valence-electron chi connectivity index (χ3n) is 4.38. The van der Waals surface area contributed by atoms with Gasteiger partial charge in [-0.3, -0.25) is 4.79 Å². The van der Waals surface area contributed by atoms with E-state index in [0.717, 1.165) is 28.9 Å². The van der Waals surface area contributed by atoms with Crippen molar-refractivity contribution in [2.24, 2.45) is 5.92 Å². The van der Waals surface area contributed by atoms with Crippen LogP contribution in [0.4, 0.5) is 16.2 Å². The molecule has 1 atom stereocenters. The average Bonchev–Trinajstić information content (AvgIpc) is 3.06. The number of carbonyl (C=O) groups is 2. The van der Waals surface area contributed by atoms with E-state index < -0.39 is 11.9 Å². The van der Waals surface area contributed by atoms with Crippen molar-refractivity contribution in [2.75, 3.05) is 49.6 Å². The Labute approximate surface area is 148 Å². The molecule has 2 fully saturated rings. The Balaban J connectivity index is 1.73. The maximum Gasteiger partial charge on any atom is 0.321 e. The lowest BCUT2D eigenvalue weighted by Crippen LogP contribution is -2.38. The van der Waals surface area contributed by atoms with Crippen LogP contribution in [0.3, 0.4) is 0 Å². The minimum Gasteiger partial charge on any atom is -0.481 e. The summed E-state index contributed by atoms with van der Waals surface area (Å²) >= 11 is 3.44. The van der Waals surface area contributed by atoms with E-state index in [4.69, 9.17) is 9.84 Å². The number of aliphatic carboxylic acids is 1. The first-order valence-electron chi connectivity index (χ1n) is 7.95. The normalized spacial score (nSPS) is 21.0. The molecule has 130 valence electrons. The molecule has 0 aliphatic carbocycles. The number of hydrogen-bond acceptors (Lipinski definition) is 4. The van der Waals surface area contributed by atoms with Crippen molar-refractivity contribution in [2.45, 2.75) is 6.42 Å². The Morgan fingerprint density at radius 2 is 2.00 bits per heavy atom. The largest absolute Gasteiger partial charge is 0.481 e. The highest BCUT2D eigenvalue weighted by atomic mass is 79.9. The lowest BCUT2D eigenvalue weighted by atomic mass is 10.1. The highest BCUT2D eigenvalue weighted by Gasteiger charge is 2.31. The van der Waals surface area contributed by atoms with Crippen LogP contribution in [0.25, 0.3) is 0 Å². The Kier molecular flexibility index (Phi) is 5.25. The van der Waals surface area contributed by atoms with Gasteiger partial charge in [-0.15, -0.1) is 0 Å². The lowest BCUT2D eigenvalue weighted by molar-refractivity contribution is -0.141. The van der Waals surface area contributed by atoms with E-state index in [1.54, 1.807) is 4.90 Å². The van der Waals surface area contributed by atoms with Crippen LogP contribution >= 0.6 is 15.9 Å². The van der Waals surface area contributed by atoms with Crippen molar-refractivity contribution in [3.8, 4) is 0 Å². The average molecular weight is 398 g/mol. The monoisotopic (exact) mass is 397 g/mol. The predicted molar refractivity (Wildman–Crippen MR) is 93.5 cm³/mol. The Hall–Kier alpha value is -1.80. The van der Waals surface area contributed by atoms with E-state index in [-0.39, 0.29) is 12.6 Å². The van der Waals surface area contributed by atoms with Gasteiger partial charge in [0.25, 0.3) is 0 Å². The number of hydrogen-bond donors (Lipinski definition) is 2. The van der Waals surface area contributed by atoms with Gasteiger partial charge in [0, 0.05) is 30.7 Å². The first-order valence-corrected chi connectivity index (χ1v) is 8.75. The number of nitrogens with one attached hydrogen (secondary N) is 1. The van der Waals surface area contributed by atoms with Crippen LogP contribution in [0.2, 0.25) is 0 Å². The number of carboxylic acids is 1. The van der Waals surface area contributed by atoms with E-state index in [2.05, 4.69) is 26.1 Å². The van der Waals surface area contributed by atoms with Crippen LogP contribution in [0.15, 0.2) is 22.7 Å². The fourth-order valence-corrected chi connectivity index (χ4v) is 3.39. The van der Waals surface area contributed by atoms with Crippen LogP contribution in [0, 0.1) is 5.92 Å². The van der Waals surface area contributed by atoms with Crippen LogP contribution < -0.4 is 10.2 Å². The van der Waals surface area contributed by atoms with E-state index in [0.29, 0.717) is 26.2 Å². The van der Waals surface area contributed by atoms with Gasteiger partial charge in [0.05, 0.1) is 30.5 Å². The van der Waals surface area contributed by atoms with Gasteiger partial charge in [-0.1, -0.05) is 15.9 Å². The molecule has 1 aromatic carbocycles. The fourth-order valence-electron chi connectivity index (χ4n) is 3.03. The summed E-state index contributed by atoms with van der Waals surface area (Å²) in [7, 11) is 0. The molecule has 1 unspecified atom stereocenters. The van der Waals surface area contributed by atoms with Crippen LogP contribution in [0.1, 0.15) is 6.42 Å². The number of likely N-dealkylation sites (tertiary alicyclic amines) is 1. The summed E-state index contributed by atoms with van der Waals surface area (Å²) in [4.78, 5) is 27.3. The summed E-state index contributed by atoms with van der Waals surface area (Å²) in [5.41, 5.74) is 1.67. The molecule has 0 saturated carbocycles. The highest BCUT2D eigenvalue weighted by molar-refractivity contribution is 9.10. The van der Waals surface area contributed by atoms with Gasteiger partial charge in [-0.25, -0.2) is 4.79 Å². The van der Waals surface area contributed by atoms with Gasteiger partial charge >= 0.3 is 12.0 Å². The lowest BCUT2D eigenvalue weighted by Gasteiger charge is -2.31. The second kappa shape index (κ2) is 7.40. The number of anilines is 2. The number of urea groups is 1. The van der Waals surface area contributed by atoms with Crippen molar-refractivity contribution < 1.29 is 19.4 Å². The second-order valence-corrected chi connectivity index (χ2v) is 6.88. The first-order chi connectivity index (χ1) is 11.5. The van der Waals surface area contributed by atoms with Crippen LogP contribution in [-0.4, -0.2) is 61.4 Å². The molecule has 24 heavy (non-hydrogen) atoms. The first kappa shape index (κ1) is 17.0. The van der Waals surface area contributed by atoms with Crippen molar-refractivity contribution in [1.29, 1.82) is 0 Å². The molecule has 3 rings (SSSR count). The molecule has 1 aromatic rings. The zero-order chi connectivity index (χ0) is 17.1. The molecule has 2 aliphatic heterocycles. The molecule has 2 N–H and O–H groups in total. The summed E-state index contributed by atoms with van der Waals surface area (Å²) < 4.78 is 6.25. The molecular weight excluding hydrogens is 378 g/mol. The molecular formula is C16H20BrN3O4. The standard InChI is InChI=1S/C16H20BrN3O4/c17-12-1-2-14(19-5-7-24-8-6-19)13(9-12)18-16(23)20-4-3-11(10-20)15(21)22/h1-2,9,11H,3-8,10H2,(H,18,23)(H,21,22). The van der Waals surface area contributed by atoms with Crippen molar-refractivity contribution in [1.82, 2.24) is 4.90 Å². The zero-order valence-corrected chi connectivity index (χ0v) is 14.8.